The lowest BCUT2D eigenvalue weighted by Crippen LogP contribution is -2.44. The molecule has 0 radical (unpaired) electrons. The molecule has 1 heterocycles. The highest BCUT2D eigenvalue weighted by molar-refractivity contribution is 6.42. The Bertz CT molecular complexity index is 845. The minimum Gasteiger partial charge on any atom is -0.327 e. The van der Waals surface area contributed by atoms with E-state index in [1.807, 2.05) is 24.3 Å². The van der Waals surface area contributed by atoms with E-state index in [9.17, 15) is 4.79 Å². The van der Waals surface area contributed by atoms with Gasteiger partial charge in [-0.15, -0.1) is 0 Å². The summed E-state index contributed by atoms with van der Waals surface area (Å²) in [6.45, 7) is 0. The van der Waals surface area contributed by atoms with Crippen LogP contribution in [0.5, 0.6) is 0 Å². The van der Waals surface area contributed by atoms with Crippen LogP contribution in [0, 0.1) is 0 Å². The zero-order valence-corrected chi connectivity index (χ0v) is 13.7. The van der Waals surface area contributed by atoms with Gasteiger partial charge < -0.3 is 10.6 Å². The molecule has 1 aliphatic carbocycles. The fraction of sp³-hybridized carbons (Fsp3) is 0.167. The maximum Gasteiger partial charge on any atom is 0.319 e. The van der Waals surface area contributed by atoms with Crippen LogP contribution in [-0.2, 0) is 6.42 Å². The van der Waals surface area contributed by atoms with E-state index in [4.69, 9.17) is 23.2 Å². The van der Waals surface area contributed by atoms with E-state index in [1.165, 1.54) is 11.1 Å². The summed E-state index contributed by atoms with van der Waals surface area (Å²) in [6.07, 6.45) is 1.86. The Kier molecular flexibility index (Phi) is 3.55. The average molecular weight is 345 g/mol. The van der Waals surface area contributed by atoms with Gasteiger partial charge in [0.1, 0.15) is 0 Å². The average Bonchev–Trinajstić information content (AvgIpc) is 2.56. The number of halogens is 2. The fourth-order valence-electron chi connectivity index (χ4n) is 3.33. The monoisotopic (exact) mass is 344 g/mol. The molecule has 23 heavy (non-hydrogen) atoms. The Labute approximate surface area is 144 Å². The topological polar surface area (TPSA) is 41.1 Å². The number of fused-ring (bicyclic) bond motifs is 2. The van der Waals surface area contributed by atoms with Gasteiger partial charge in [0.2, 0.25) is 0 Å². The molecule has 2 amide bonds. The maximum atomic E-state index is 12.1. The highest BCUT2D eigenvalue weighted by Gasteiger charge is 2.32. The van der Waals surface area contributed by atoms with Crippen LogP contribution >= 0.6 is 23.2 Å². The molecule has 0 saturated heterocycles. The fourth-order valence-corrected chi connectivity index (χ4v) is 3.64. The van der Waals surface area contributed by atoms with Gasteiger partial charge in [0.25, 0.3) is 0 Å². The third-order valence-electron chi connectivity index (χ3n) is 4.41. The van der Waals surface area contributed by atoms with E-state index in [0.29, 0.717) is 10.0 Å². The lowest BCUT2D eigenvalue weighted by Gasteiger charge is -2.34. The third-order valence-corrected chi connectivity index (χ3v) is 5.15. The van der Waals surface area contributed by atoms with E-state index >= 15 is 0 Å². The van der Waals surface area contributed by atoms with Crippen LogP contribution in [0.4, 0.5) is 4.79 Å². The number of urea groups is 1. The molecule has 2 aromatic carbocycles. The van der Waals surface area contributed by atoms with E-state index in [-0.39, 0.29) is 12.1 Å². The normalized spacial score (nSPS) is 19.6. The molecular formula is C18H14Cl2N2O. The van der Waals surface area contributed by atoms with Gasteiger partial charge in [-0.2, -0.15) is 0 Å². The zero-order chi connectivity index (χ0) is 16.0. The van der Waals surface area contributed by atoms with Crippen molar-refractivity contribution in [2.24, 2.45) is 0 Å². The van der Waals surface area contributed by atoms with E-state index in [0.717, 1.165) is 29.7 Å². The molecule has 0 aromatic heterocycles. The highest BCUT2D eigenvalue weighted by Crippen LogP contribution is 2.39. The summed E-state index contributed by atoms with van der Waals surface area (Å²) in [7, 11) is 0. The summed E-state index contributed by atoms with van der Waals surface area (Å²) in [5, 5.41) is 6.98. The van der Waals surface area contributed by atoms with Gasteiger partial charge in [0.15, 0.2) is 0 Å². The number of aryl methyl sites for hydroxylation is 1. The second kappa shape index (κ2) is 5.59. The zero-order valence-electron chi connectivity index (χ0n) is 12.2. The Morgan fingerprint density at radius 3 is 2.65 bits per heavy atom. The molecule has 1 unspecified atom stereocenters. The van der Waals surface area contributed by atoms with E-state index in [2.05, 4.69) is 22.8 Å². The summed E-state index contributed by atoms with van der Waals surface area (Å²) in [5.41, 5.74) is 5.42. The number of benzene rings is 2. The van der Waals surface area contributed by atoms with Crippen LogP contribution in [0.25, 0.3) is 5.70 Å². The number of hydrogen-bond acceptors (Lipinski definition) is 1. The van der Waals surface area contributed by atoms with Crippen LogP contribution < -0.4 is 10.6 Å². The van der Waals surface area contributed by atoms with Crippen molar-refractivity contribution in [2.45, 2.75) is 18.9 Å². The van der Waals surface area contributed by atoms with Gasteiger partial charge in [-0.05, 0) is 41.7 Å². The van der Waals surface area contributed by atoms with Gasteiger partial charge in [-0.25, -0.2) is 4.79 Å². The standard InChI is InChI=1S/C18H14Cl2N2O/c19-14-8-6-11(9-15(14)20)16-13-7-5-10-3-1-2-4-12(10)17(13)22-18(23)21-16/h1-4,6,8-9,16H,5,7H2,(H2,21,22,23). The SMILES string of the molecule is O=C1NC2=C(CCc3ccccc32)C(c2ccc(Cl)c(Cl)c2)N1. The molecule has 1 aliphatic heterocycles. The van der Waals surface area contributed by atoms with E-state index < -0.39 is 0 Å². The van der Waals surface area contributed by atoms with Crippen LogP contribution in [0.1, 0.15) is 29.2 Å². The smallest absolute Gasteiger partial charge is 0.319 e. The Hall–Kier alpha value is -1.97. The Balaban J connectivity index is 1.85. The Morgan fingerprint density at radius 1 is 1.00 bits per heavy atom. The number of rotatable bonds is 1. The Morgan fingerprint density at radius 2 is 1.83 bits per heavy atom. The van der Waals surface area contributed by atoms with Crippen molar-refractivity contribution in [2.75, 3.05) is 0 Å². The van der Waals surface area contributed by atoms with E-state index in [1.54, 1.807) is 6.07 Å². The number of nitrogens with one attached hydrogen (secondary N) is 2. The number of amides is 2. The van der Waals surface area contributed by atoms with Crippen LogP contribution in [0.2, 0.25) is 10.0 Å². The minimum absolute atomic E-state index is 0.179. The quantitative estimate of drug-likeness (QED) is 0.773. The largest absolute Gasteiger partial charge is 0.327 e. The summed E-state index contributed by atoms with van der Waals surface area (Å²) in [6, 6.07) is 13.3. The minimum atomic E-state index is -0.198. The van der Waals surface area contributed by atoms with Gasteiger partial charge in [-0.1, -0.05) is 53.5 Å². The second-order valence-corrected chi connectivity index (χ2v) is 6.58. The van der Waals surface area contributed by atoms with Gasteiger partial charge in [-0.3, -0.25) is 0 Å². The summed E-state index contributed by atoms with van der Waals surface area (Å²) < 4.78 is 0. The lowest BCUT2D eigenvalue weighted by atomic mass is 9.83. The predicted octanol–water partition coefficient (Wildman–Crippen LogP) is 4.70. The molecule has 116 valence electrons. The first-order chi connectivity index (χ1) is 11.1. The first-order valence-corrected chi connectivity index (χ1v) is 8.23. The number of carbonyl (C=O) groups is 1. The first kappa shape index (κ1) is 14.6. The van der Waals surface area contributed by atoms with Crippen molar-refractivity contribution >= 4 is 34.9 Å². The van der Waals surface area contributed by atoms with Crippen molar-refractivity contribution in [3.63, 3.8) is 0 Å². The summed E-state index contributed by atoms with van der Waals surface area (Å²) >= 11 is 12.2. The van der Waals surface area contributed by atoms with Gasteiger partial charge in [0.05, 0.1) is 21.8 Å². The molecule has 3 nitrogen and oxygen atoms in total. The van der Waals surface area contributed by atoms with Crippen molar-refractivity contribution < 1.29 is 4.79 Å². The lowest BCUT2D eigenvalue weighted by molar-refractivity contribution is 0.240. The number of hydrogen-bond donors (Lipinski definition) is 2. The molecule has 0 bridgehead atoms. The predicted molar refractivity (Wildman–Crippen MR) is 92.6 cm³/mol. The maximum absolute atomic E-state index is 12.1. The number of carbonyl (C=O) groups excluding carboxylic acids is 1. The molecule has 0 saturated carbocycles. The molecule has 4 rings (SSSR count). The molecule has 2 aliphatic rings. The molecule has 5 heteroatoms. The molecule has 2 N–H and O–H groups in total. The van der Waals surface area contributed by atoms with Crippen molar-refractivity contribution in [1.29, 1.82) is 0 Å². The van der Waals surface area contributed by atoms with Crippen molar-refractivity contribution in [3.05, 3.63) is 74.8 Å². The molecule has 0 fully saturated rings. The van der Waals surface area contributed by atoms with Crippen LogP contribution in [0.3, 0.4) is 0 Å². The molecule has 1 atom stereocenters. The third kappa shape index (κ3) is 2.50. The summed E-state index contributed by atoms with van der Waals surface area (Å²) in [4.78, 5) is 12.1. The highest BCUT2D eigenvalue weighted by atomic mass is 35.5. The van der Waals surface area contributed by atoms with Crippen LogP contribution in [-0.4, -0.2) is 6.03 Å². The van der Waals surface area contributed by atoms with Gasteiger partial charge >= 0.3 is 6.03 Å². The first-order valence-electron chi connectivity index (χ1n) is 7.47. The van der Waals surface area contributed by atoms with Crippen LogP contribution in [0.15, 0.2) is 48.0 Å². The second-order valence-electron chi connectivity index (χ2n) is 5.76. The molecular weight excluding hydrogens is 331 g/mol. The van der Waals surface area contributed by atoms with Crippen molar-refractivity contribution in [3.8, 4) is 0 Å². The van der Waals surface area contributed by atoms with Gasteiger partial charge in [0, 0.05) is 5.56 Å². The molecule has 0 spiro atoms. The molecule has 2 aromatic rings. The van der Waals surface area contributed by atoms with Crippen molar-refractivity contribution in [1.82, 2.24) is 10.6 Å². The summed E-state index contributed by atoms with van der Waals surface area (Å²) in [5.74, 6) is 0.